The van der Waals surface area contributed by atoms with Crippen LogP contribution in [0.5, 0.6) is 0 Å². The fourth-order valence-electron chi connectivity index (χ4n) is 2.04. The molecule has 6 nitrogen and oxygen atoms in total. The molecule has 0 aromatic rings. The fraction of sp³-hybridized carbons (Fsp3) is 0.889. The van der Waals surface area contributed by atoms with Crippen LogP contribution < -0.4 is 9.44 Å². The molecule has 7 heteroatoms. The highest BCUT2D eigenvalue weighted by Crippen LogP contribution is 2.26. The van der Waals surface area contributed by atoms with E-state index in [0.29, 0.717) is 0 Å². The summed E-state index contributed by atoms with van der Waals surface area (Å²) in [4.78, 5) is 11.0. The molecule has 1 unspecified atom stereocenters. The first kappa shape index (κ1) is 13.4. The number of aliphatic carboxylic acids is 1. The summed E-state index contributed by atoms with van der Waals surface area (Å²) < 4.78 is 26.8. The van der Waals surface area contributed by atoms with E-state index >= 15 is 0 Å². The topological polar surface area (TPSA) is 95.5 Å². The summed E-state index contributed by atoms with van der Waals surface area (Å²) in [5, 5.41) is 9.03. The van der Waals surface area contributed by atoms with E-state index in [1.54, 1.807) is 0 Å². The van der Waals surface area contributed by atoms with Crippen molar-refractivity contribution < 1.29 is 18.3 Å². The number of nitrogens with one attached hydrogen (secondary N) is 2. The van der Waals surface area contributed by atoms with Gasteiger partial charge < -0.3 is 5.11 Å². The molecule has 0 saturated heterocycles. The number of carbonyl (C=O) groups is 1. The lowest BCUT2D eigenvalue weighted by atomic mass is 9.84. The van der Waals surface area contributed by atoms with Gasteiger partial charge in [-0.15, -0.1) is 0 Å². The highest BCUT2D eigenvalue weighted by molar-refractivity contribution is 7.87. The minimum atomic E-state index is -3.69. The molecule has 0 bridgehead atoms. The van der Waals surface area contributed by atoms with Crippen molar-refractivity contribution in [3.05, 3.63) is 0 Å². The number of rotatable bonds is 5. The third-order valence-electron chi connectivity index (χ3n) is 2.94. The Hall–Kier alpha value is -0.660. The SMILES string of the molecule is CNS(=O)(=O)NC(C(=O)O)C1CCCCC1. The Kier molecular flexibility index (Phi) is 4.69. The summed E-state index contributed by atoms with van der Waals surface area (Å²) in [6.07, 6.45) is 4.57. The van der Waals surface area contributed by atoms with Gasteiger partial charge in [-0.2, -0.15) is 13.1 Å². The molecule has 16 heavy (non-hydrogen) atoms. The zero-order valence-electron chi connectivity index (χ0n) is 9.27. The Morgan fingerprint density at radius 2 is 1.88 bits per heavy atom. The van der Waals surface area contributed by atoms with Crippen LogP contribution in [0.2, 0.25) is 0 Å². The van der Waals surface area contributed by atoms with Crippen molar-refractivity contribution in [1.82, 2.24) is 9.44 Å². The molecular weight excluding hydrogens is 232 g/mol. The largest absolute Gasteiger partial charge is 0.480 e. The van der Waals surface area contributed by atoms with Crippen molar-refractivity contribution >= 4 is 16.2 Å². The minimum absolute atomic E-state index is 0.102. The summed E-state index contributed by atoms with van der Waals surface area (Å²) in [5.74, 6) is -1.21. The van der Waals surface area contributed by atoms with Crippen molar-refractivity contribution in [3.8, 4) is 0 Å². The van der Waals surface area contributed by atoms with Crippen LogP contribution in [-0.4, -0.2) is 32.6 Å². The van der Waals surface area contributed by atoms with Crippen LogP contribution in [0.3, 0.4) is 0 Å². The van der Waals surface area contributed by atoms with E-state index in [9.17, 15) is 13.2 Å². The molecule has 0 heterocycles. The third-order valence-corrected chi connectivity index (χ3v) is 4.04. The van der Waals surface area contributed by atoms with Crippen molar-refractivity contribution in [2.45, 2.75) is 38.1 Å². The van der Waals surface area contributed by atoms with Gasteiger partial charge in [-0.25, -0.2) is 4.72 Å². The Balaban J connectivity index is 2.70. The molecule has 1 atom stereocenters. The smallest absolute Gasteiger partial charge is 0.322 e. The van der Waals surface area contributed by atoms with Gasteiger partial charge in [0.25, 0.3) is 10.2 Å². The second-order valence-electron chi connectivity index (χ2n) is 4.04. The van der Waals surface area contributed by atoms with E-state index < -0.39 is 22.2 Å². The van der Waals surface area contributed by atoms with Crippen molar-refractivity contribution in [2.24, 2.45) is 5.92 Å². The first-order valence-corrected chi connectivity index (χ1v) is 6.88. The molecule has 1 saturated carbocycles. The van der Waals surface area contributed by atoms with Gasteiger partial charge in [0.15, 0.2) is 0 Å². The van der Waals surface area contributed by atoms with Crippen LogP contribution in [0.25, 0.3) is 0 Å². The third kappa shape index (κ3) is 3.73. The predicted molar refractivity (Wildman–Crippen MR) is 59.1 cm³/mol. The summed E-state index contributed by atoms with van der Waals surface area (Å²) in [5.41, 5.74) is 0. The van der Waals surface area contributed by atoms with Crippen molar-refractivity contribution in [2.75, 3.05) is 7.05 Å². The van der Waals surface area contributed by atoms with Gasteiger partial charge in [-0.3, -0.25) is 4.79 Å². The molecule has 1 aliphatic rings. The van der Waals surface area contributed by atoms with Gasteiger partial charge in [0, 0.05) is 7.05 Å². The summed E-state index contributed by atoms with van der Waals surface area (Å²) in [6, 6.07) is -1.02. The lowest BCUT2D eigenvalue weighted by Gasteiger charge is -2.27. The average molecular weight is 250 g/mol. The van der Waals surface area contributed by atoms with Gasteiger partial charge in [0.05, 0.1) is 0 Å². The van der Waals surface area contributed by atoms with E-state index in [-0.39, 0.29) is 5.92 Å². The maximum absolute atomic E-state index is 11.3. The molecule has 1 fully saturated rings. The monoisotopic (exact) mass is 250 g/mol. The molecule has 0 aromatic heterocycles. The molecule has 0 spiro atoms. The van der Waals surface area contributed by atoms with Crippen LogP contribution >= 0.6 is 0 Å². The predicted octanol–water partition coefficient (Wildman–Crippen LogP) is 0.0737. The molecule has 94 valence electrons. The zero-order chi connectivity index (χ0) is 12.2. The summed E-state index contributed by atoms with van der Waals surface area (Å²) >= 11 is 0. The van der Waals surface area contributed by atoms with Crippen molar-refractivity contribution in [1.29, 1.82) is 0 Å². The highest BCUT2D eigenvalue weighted by atomic mass is 32.2. The average Bonchev–Trinajstić information content (AvgIpc) is 2.27. The lowest BCUT2D eigenvalue weighted by molar-refractivity contribution is -0.140. The van der Waals surface area contributed by atoms with Crippen LogP contribution in [0.4, 0.5) is 0 Å². The molecule has 0 radical (unpaired) electrons. The zero-order valence-corrected chi connectivity index (χ0v) is 10.1. The molecule has 0 aliphatic heterocycles. The second kappa shape index (κ2) is 5.60. The lowest BCUT2D eigenvalue weighted by Crippen LogP contribution is -2.49. The Morgan fingerprint density at radius 3 is 2.31 bits per heavy atom. The van der Waals surface area contributed by atoms with Crippen molar-refractivity contribution in [3.63, 3.8) is 0 Å². The van der Waals surface area contributed by atoms with E-state index in [4.69, 9.17) is 5.11 Å². The van der Waals surface area contributed by atoms with E-state index in [1.807, 2.05) is 0 Å². The Bertz CT molecular complexity index is 335. The van der Waals surface area contributed by atoms with Crippen LogP contribution in [-0.2, 0) is 15.0 Å². The molecule has 0 aromatic carbocycles. The van der Waals surface area contributed by atoms with E-state index in [2.05, 4.69) is 9.44 Å². The van der Waals surface area contributed by atoms with Crippen LogP contribution in [0, 0.1) is 5.92 Å². The Morgan fingerprint density at radius 1 is 1.31 bits per heavy atom. The van der Waals surface area contributed by atoms with Gasteiger partial charge in [-0.05, 0) is 18.8 Å². The van der Waals surface area contributed by atoms with Gasteiger partial charge in [0.2, 0.25) is 0 Å². The summed E-state index contributed by atoms with van der Waals surface area (Å²) in [7, 11) is -2.44. The summed E-state index contributed by atoms with van der Waals surface area (Å²) in [6.45, 7) is 0. The van der Waals surface area contributed by atoms with Gasteiger partial charge >= 0.3 is 5.97 Å². The molecule has 0 amide bonds. The van der Waals surface area contributed by atoms with E-state index in [0.717, 1.165) is 32.1 Å². The maximum atomic E-state index is 11.3. The van der Waals surface area contributed by atoms with E-state index in [1.165, 1.54) is 7.05 Å². The Labute approximate surface area is 95.6 Å². The van der Waals surface area contributed by atoms with Crippen LogP contribution in [0.1, 0.15) is 32.1 Å². The number of carboxylic acids is 1. The van der Waals surface area contributed by atoms with Gasteiger partial charge in [-0.1, -0.05) is 19.3 Å². The van der Waals surface area contributed by atoms with Gasteiger partial charge in [0.1, 0.15) is 6.04 Å². The molecule has 3 N–H and O–H groups in total. The second-order valence-corrected chi connectivity index (χ2v) is 5.69. The number of hydrogen-bond donors (Lipinski definition) is 3. The molecule has 1 rings (SSSR count). The molecular formula is C9H18N2O4S. The molecule has 1 aliphatic carbocycles. The number of hydrogen-bond acceptors (Lipinski definition) is 3. The first-order valence-electron chi connectivity index (χ1n) is 5.40. The standard InChI is InChI=1S/C9H18N2O4S/c1-10-16(14,15)11-8(9(12)13)7-5-3-2-4-6-7/h7-8,10-11H,2-6H2,1H3,(H,12,13). The maximum Gasteiger partial charge on any atom is 0.322 e. The highest BCUT2D eigenvalue weighted by Gasteiger charge is 2.32. The number of carboxylic acid groups (broad SMARTS) is 1. The fourth-order valence-corrected chi connectivity index (χ4v) is 2.79. The quantitative estimate of drug-likeness (QED) is 0.643. The first-order chi connectivity index (χ1) is 7.46. The minimum Gasteiger partial charge on any atom is -0.480 e. The van der Waals surface area contributed by atoms with Crippen LogP contribution in [0.15, 0.2) is 0 Å². The normalized spacial score (nSPS) is 20.6.